The third kappa shape index (κ3) is 3.04. The molecule has 34 heavy (non-hydrogen) atoms. The third-order valence-corrected chi connectivity index (χ3v) is 5.72. The van der Waals surface area contributed by atoms with Gasteiger partial charge < -0.3 is 60.5 Å². The lowest BCUT2D eigenvalue weighted by molar-refractivity contribution is -0.150. The first-order valence-electron chi connectivity index (χ1n) is 9.58. The van der Waals surface area contributed by atoms with Gasteiger partial charge in [-0.3, -0.25) is 0 Å². The molecular weight excluding hydrogens is 464 g/mol. The van der Waals surface area contributed by atoms with Crippen LogP contribution in [0.2, 0.25) is 0 Å². The minimum Gasteiger partial charge on any atom is -0.504 e. The van der Waals surface area contributed by atoms with E-state index in [4.69, 9.17) is 9.47 Å². The number of rotatable bonds is 3. The predicted octanol–water partition coefficient (Wildman–Crippen LogP) is -1.59. The molecule has 10 N–H and O–H groups in total. The summed E-state index contributed by atoms with van der Waals surface area (Å²) in [4.78, 5) is 25.9. The van der Waals surface area contributed by atoms with Gasteiger partial charge in [-0.05, 0) is 6.07 Å². The molecule has 0 saturated heterocycles. The Morgan fingerprint density at radius 3 is 2.03 bits per heavy atom. The second kappa shape index (κ2) is 7.81. The monoisotopic (exact) mass is 482 g/mol. The molecular formula is C20H18O14. The van der Waals surface area contributed by atoms with Gasteiger partial charge in [-0.15, -0.1) is 0 Å². The number of carbonyl (C=O) groups excluding carboxylic acids is 2. The topological polar surface area (TPSA) is 255 Å². The van der Waals surface area contributed by atoms with E-state index in [0.29, 0.717) is 6.07 Å². The van der Waals surface area contributed by atoms with Crippen molar-refractivity contribution >= 4 is 11.9 Å². The highest BCUT2D eigenvalue weighted by Crippen LogP contribution is 2.57. The standard InChI is InChI=1S/C20H18O14/c21-2-5(23)11(25)17-18-15(29)9-8(20(32)34-18)7(13(27)16(30)14(9)28)6-3(19(31)33-17)1-4(22)10(24)12(6)26/h1,5,11,15,17-18,21-30H,2H2/t5-,11-,15+,17+,18-/m1/s1. The maximum Gasteiger partial charge on any atom is 0.339 e. The number of hydrogen-bond donors (Lipinski definition) is 10. The van der Waals surface area contributed by atoms with Crippen molar-refractivity contribution in [3.8, 4) is 45.6 Å². The number of phenolic OH excluding ortho intramolecular Hbond substituents is 6. The number of aromatic hydroxyl groups is 6. The summed E-state index contributed by atoms with van der Waals surface area (Å²) in [6, 6.07) is 0.575. The minimum absolute atomic E-state index is 0.575. The van der Waals surface area contributed by atoms with Gasteiger partial charge in [0.2, 0.25) is 11.5 Å². The fourth-order valence-electron chi connectivity index (χ4n) is 4.03. The number of benzene rings is 2. The molecule has 0 fully saturated rings. The van der Waals surface area contributed by atoms with Gasteiger partial charge in [-0.2, -0.15) is 0 Å². The van der Waals surface area contributed by atoms with Crippen LogP contribution in [0.5, 0.6) is 34.5 Å². The van der Waals surface area contributed by atoms with Crippen LogP contribution in [-0.4, -0.2) is 94.0 Å². The van der Waals surface area contributed by atoms with Crippen molar-refractivity contribution in [2.75, 3.05) is 6.61 Å². The summed E-state index contributed by atoms with van der Waals surface area (Å²) in [5.41, 5.74) is -4.13. The van der Waals surface area contributed by atoms with E-state index in [9.17, 15) is 60.7 Å². The van der Waals surface area contributed by atoms with E-state index in [2.05, 4.69) is 0 Å². The zero-order valence-electron chi connectivity index (χ0n) is 16.8. The Morgan fingerprint density at radius 1 is 0.794 bits per heavy atom. The molecule has 5 atom stereocenters. The van der Waals surface area contributed by atoms with Crippen molar-refractivity contribution < 1.29 is 70.1 Å². The molecule has 3 aliphatic heterocycles. The van der Waals surface area contributed by atoms with E-state index in [1.165, 1.54) is 0 Å². The summed E-state index contributed by atoms with van der Waals surface area (Å²) in [6.07, 6.45) is -10.4. The molecule has 0 aliphatic carbocycles. The third-order valence-electron chi connectivity index (χ3n) is 5.72. The lowest BCUT2D eigenvalue weighted by Crippen LogP contribution is -2.53. The van der Waals surface area contributed by atoms with E-state index >= 15 is 0 Å². The molecule has 2 aromatic rings. The fraction of sp³-hybridized carbons (Fsp3) is 0.300. The number of carbonyl (C=O) groups is 2. The van der Waals surface area contributed by atoms with Gasteiger partial charge in [0.05, 0.1) is 17.7 Å². The molecule has 0 saturated carbocycles. The average molecular weight is 482 g/mol. The molecule has 0 aromatic heterocycles. The van der Waals surface area contributed by atoms with Crippen LogP contribution in [0.4, 0.5) is 0 Å². The van der Waals surface area contributed by atoms with Gasteiger partial charge in [0.25, 0.3) is 0 Å². The zero-order chi connectivity index (χ0) is 25.2. The van der Waals surface area contributed by atoms with Crippen LogP contribution < -0.4 is 0 Å². The normalized spacial score (nSPS) is 23.0. The van der Waals surface area contributed by atoms with E-state index in [-0.39, 0.29) is 0 Å². The minimum atomic E-state index is -2.18. The van der Waals surface area contributed by atoms with Crippen LogP contribution in [0.3, 0.4) is 0 Å². The maximum absolute atomic E-state index is 13.0. The first kappa shape index (κ1) is 23.2. The highest BCUT2D eigenvalue weighted by Gasteiger charge is 2.51. The Hall–Kier alpha value is -3.98. The number of aliphatic hydroxyl groups excluding tert-OH is 4. The maximum atomic E-state index is 13.0. The molecule has 0 spiro atoms. The number of fused-ring (bicyclic) bond motifs is 3. The lowest BCUT2D eigenvalue weighted by Gasteiger charge is -2.39. The quantitative estimate of drug-likeness (QED) is 0.175. The Kier molecular flexibility index (Phi) is 5.32. The van der Waals surface area contributed by atoms with Gasteiger partial charge in [-0.25, -0.2) is 9.59 Å². The first-order chi connectivity index (χ1) is 15.9. The van der Waals surface area contributed by atoms with E-state index in [1.54, 1.807) is 0 Å². The second-order valence-corrected chi connectivity index (χ2v) is 7.65. The van der Waals surface area contributed by atoms with Crippen molar-refractivity contribution in [1.29, 1.82) is 0 Å². The molecule has 14 heteroatoms. The number of hydrogen-bond acceptors (Lipinski definition) is 14. The Morgan fingerprint density at radius 2 is 1.41 bits per heavy atom. The summed E-state index contributed by atoms with van der Waals surface area (Å²) < 4.78 is 10.2. The Labute approximate surface area is 188 Å². The van der Waals surface area contributed by atoms with E-state index in [0.717, 1.165) is 0 Å². The van der Waals surface area contributed by atoms with Gasteiger partial charge in [-0.1, -0.05) is 0 Å². The summed E-state index contributed by atoms with van der Waals surface area (Å²) in [7, 11) is 0. The van der Waals surface area contributed by atoms with Crippen LogP contribution in [0.1, 0.15) is 32.4 Å². The molecule has 2 aromatic carbocycles. The molecule has 5 rings (SSSR count). The number of esters is 2. The summed E-state index contributed by atoms with van der Waals surface area (Å²) >= 11 is 0. The van der Waals surface area contributed by atoms with E-state index < -0.39 is 111 Å². The van der Waals surface area contributed by atoms with Crippen LogP contribution in [0.15, 0.2) is 6.07 Å². The molecule has 3 aliphatic rings. The Balaban J connectivity index is 2.17. The fourth-order valence-corrected chi connectivity index (χ4v) is 4.03. The highest BCUT2D eigenvalue weighted by molar-refractivity contribution is 6.10. The van der Waals surface area contributed by atoms with Crippen molar-refractivity contribution in [3.05, 3.63) is 22.8 Å². The molecule has 3 heterocycles. The predicted molar refractivity (Wildman–Crippen MR) is 104 cm³/mol. The van der Waals surface area contributed by atoms with Crippen molar-refractivity contribution in [3.63, 3.8) is 0 Å². The number of aliphatic hydroxyl groups is 4. The van der Waals surface area contributed by atoms with Crippen molar-refractivity contribution in [2.45, 2.75) is 30.5 Å². The van der Waals surface area contributed by atoms with Crippen LogP contribution in [0.25, 0.3) is 11.1 Å². The second-order valence-electron chi connectivity index (χ2n) is 7.65. The average Bonchev–Trinajstić information content (AvgIpc) is 2.80. The van der Waals surface area contributed by atoms with Gasteiger partial charge in [0, 0.05) is 16.7 Å². The smallest absolute Gasteiger partial charge is 0.339 e. The Bertz CT molecular complexity index is 1220. The van der Waals surface area contributed by atoms with Crippen LogP contribution in [-0.2, 0) is 9.47 Å². The van der Waals surface area contributed by atoms with E-state index in [1.807, 2.05) is 0 Å². The molecule has 14 nitrogen and oxygen atoms in total. The molecule has 0 radical (unpaired) electrons. The van der Waals surface area contributed by atoms with Crippen molar-refractivity contribution in [1.82, 2.24) is 0 Å². The SMILES string of the molecule is O=C1O[C@@H]([C@H](O)[C@H](O)CO)[C@@H]2OC(=O)c3c(c(O)c(O)c(O)c3[C@@H]2O)-c2c1cc(O)c(O)c2O. The molecule has 4 bridgehead atoms. The van der Waals surface area contributed by atoms with Gasteiger partial charge >= 0.3 is 11.9 Å². The summed E-state index contributed by atoms with van der Waals surface area (Å²) in [5, 5.41) is 102. The molecule has 0 amide bonds. The molecule has 182 valence electrons. The summed E-state index contributed by atoms with van der Waals surface area (Å²) in [5.74, 6) is -10.2. The van der Waals surface area contributed by atoms with Gasteiger partial charge in [0.1, 0.15) is 18.3 Å². The van der Waals surface area contributed by atoms with Crippen LogP contribution >= 0.6 is 0 Å². The van der Waals surface area contributed by atoms with Gasteiger partial charge in [0.15, 0.2) is 35.2 Å². The number of phenols is 6. The summed E-state index contributed by atoms with van der Waals surface area (Å²) in [6.45, 7) is -1.06. The number of ether oxygens (including phenoxy) is 2. The highest BCUT2D eigenvalue weighted by atomic mass is 16.6. The molecule has 0 unspecified atom stereocenters. The first-order valence-corrected chi connectivity index (χ1v) is 9.58. The zero-order valence-corrected chi connectivity index (χ0v) is 16.8. The largest absolute Gasteiger partial charge is 0.504 e. The van der Waals surface area contributed by atoms with Crippen LogP contribution in [0, 0.1) is 0 Å². The lowest BCUT2D eigenvalue weighted by atomic mass is 9.82. The van der Waals surface area contributed by atoms with Crippen molar-refractivity contribution in [2.24, 2.45) is 0 Å².